The standard InChI is InChI=1S/C18H20N2O/c1-13-10-14(2)20-18-11-16(8-9-17(18)19-13)21-12-15-6-4-3-5-7-15/h3-9,11,14,19-20H,1,10,12H2,2H3/t14-/m1/s1. The van der Waals surface area contributed by atoms with Crippen molar-refractivity contribution >= 4 is 11.4 Å². The molecular formula is C18H20N2O. The molecule has 2 aromatic rings. The van der Waals surface area contributed by atoms with Crippen LogP contribution in [-0.4, -0.2) is 6.04 Å². The summed E-state index contributed by atoms with van der Waals surface area (Å²) in [5.41, 5.74) is 4.31. The topological polar surface area (TPSA) is 33.3 Å². The van der Waals surface area contributed by atoms with Gasteiger partial charge in [0.25, 0.3) is 0 Å². The van der Waals surface area contributed by atoms with Crippen LogP contribution >= 0.6 is 0 Å². The van der Waals surface area contributed by atoms with Crippen LogP contribution in [0.5, 0.6) is 5.75 Å². The second-order valence-electron chi connectivity index (χ2n) is 5.46. The predicted octanol–water partition coefficient (Wildman–Crippen LogP) is 4.40. The molecule has 0 spiro atoms. The van der Waals surface area contributed by atoms with Crippen molar-refractivity contribution in [2.24, 2.45) is 0 Å². The van der Waals surface area contributed by atoms with Crippen molar-refractivity contribution in [3.05, 3.63) is 66.4 Å². The van der Waals surface area contributed by atoms with Crippen LogP contribution in [0.4, 0.5) is 11.4 Å². The molecule has 0 fully saturated rings. The molecule has 0 radical (unpaired) electrons. The molecule has 3 nitrogen and oxygen atoms in total. The second-order valence-corrected chi connectivity index (χ2v) is 5.46. The summed E-state index contributed by atoms with van der Waals surface area (Å²) in [6.45, 7) is 6.77. The van der Waals surface area contributed by atoms with Gasteiger partial charge < -0.3 is 15.4 Å². The van der Waals surface area contributed by atoms with Crippen LogP contribution in [0.25, 0.3) is 0 Å². The molecule has 1 aliphatic rings. The maximum absolute atomic E-state index is 5.87. The first-order valence-corrected chi connectivity index (χ1v) is 7.23. The van der Waals surface area contributed by atoms with E-state index in [2.05, 4.69) is 36.3 Å². The SMILES string of the molecule is C=C1C[C@@H](C)Nc2cc(OCc3ccccc3)ccc2N1. The Labute approximate surface area is 125 Å². The van der Waals surface area contributed by atoms with Gasteiger partial charge in [0.15, 0.2) is 0 Å². The number of hydrogen-bond donors (Lipinski definition) is 2. The van der Waals surface area contributed by atoms with Gasteiger partial charge in [0.2, 0.25) is 0 Å². The molecule has 2 aromatic carbocycles. The molecule has 0 bridgehead atoms. The number of benzene rings is 2. The molecule has 1 heterocycles. The zero-order chi connectivity index (χ0) is 14.7. The highest BCUT2D eigenvalue weighted by Gasteiger charge is 2.14. The average Bonchev–Trinajstić information content (AvgIpc) is 2.62. The van der Waals surface area contributed by atoms with Crippen LogP contribution in [-0.2, 0) is 6.61 Å². The molecule has 0 aliphatic carbocycles. The minimum absolute atomic E-state index is 0.357. The number of ether oxygens (including phenoxy) is 1. The molecular weight excluding hydrogens is 260 g/mol. The minimum atomic E-state index is 0.357. The quantitative estimate of drug-likeness (QED) is 0.874. The normalized spacial score (nSPS) is 17.2. The van der Waals surface area contributed by atoms with E-state index < -0.39 is 0 Å². The first-order valence-electron chi connectivity index (χ1n) is 7.23. The van der Waals surface area contributed by atoms with Gasteiger partial charge in [0.05, 0.1) is 11.4 Å². The molecule has 0 unspecified atom stereocenters. The number of fused-ring (bicyclic) bond motifs is 1. The molecule has 0 saturated carbocycles. The van der Waals surface area contributed by atoms with Crippen molar-refractivity contribution in [1.29, 1.82) is 0 Å². The van der Waals surface area contributed by atoms with Gasteiger partial charge in [-0.05, 0) is 24.6 Å². The zero-order valence-electron chi connectivity index (χ0n) is 12.2. The van der Waals surface area contributed by atoms with E-state index in [1.54, 1.807) is 0 Å². The van der Waals surface area contributed by atoms with E-state index >= 15 is 0 Å². The van der Waals surface area contributed by atoms with Gasteiger partial charge in [-0.1, -0.05) is 36.9 Å². The van der Waals surface area contributed by atoms with Crippen LogP contribution < -0.4 is 15.4 Å². The first-order chi connectivity index (χ1) is 10.2. The minimum Gasteiger partial charge on any atom is -0.489 e. The Balaban J connectivity index is 1.75. The van der Waals surface area contributed by atoms with Crippen LogP contribution in [0.1, 0.15) is 18.9 Å². The summed E-state index contributed by atoms with van der Waals surface area (Å²) in [6.07, 6.45) is 0.912. The Morgan fingerprint density at radius 3 is 2.76 bits per heavy atom. The predicted molar refractivity (Wildman–Crippen MR) is 87.7 cm³/mol. The Morgan fingerprint density at radius 2 is 1.95 bits per heavy atom. The van der Waals surface area contributed by atoms with E-state index in [1.807, 2.05) is 36.4 Å². The van der Waals surface area contributed by atoms with Crippen molar-refractivity contribution in [2.45, 2.75) is 26.0 Å². The van der Waals surface area contributed by atoms with E-state index in [1.165, 1.54) is 5.56 Å². The third kappa shape index (κ3) is 3.37. The molecule has 0 aromatic heterocycles. The molecule has 21 heavy (non-hydrogen) atoms. The monoisotopic (exact) mass is 280 g/mol. The smallest absolute Gasteiger partial charge is 0.122 e. The number of hydrogen-bond acceptors (Lipinski definition) is 3. The van der Waals surface area contributed by atoms with Crippen LogP contribution in [0.15, 0.2) is 60.8 Å². The third-order valence-electron chi connectivity index (χ3n) is 3.51. The van der Waals surface area contributed by atoms with E-state index in [0.717, 1.165) is 29.2 Å². The summed E-state index contributed by atoms with van der Waals surface area (Å²) < 4.78 is 5.87. The molecule has 0 saturated heterocycles. The molecule has 108 valence electrons. The van der Waals surface area contributed by atoms with Crippen LogP contribution in [0.3, 0.4) is 0 Å². The van der Waals surface area contributed by atoms with E-state index in [-0.39, 0.29) is 0 Å². The van der Waals surface area contributed by atoms with Gasteiger partial charge in [0, 0.05) is 24.2 Å². The van der Waals surface area contributed by atoms with Crippen LogP contribution in [0, 0.1) is 0 Å². The fourth-order valence-corrected chi connectivity index (χ4v) is 2.51. The van der Waals surface area contributed by atoms with Crippen molar-refractivity contribution in [2.75, 3.05) is 10.6 Å². The van der Waals surface area contributed by atoms with E-state index in [9.17, 15) is 0 Å². The maximum atomic E-state index is 5.87. The summed E-state index contributed by atoms with van der Waals surface area (Å²) >= 11 is 0. The number of anilines is 2. The van der Waals surface area contributed by atoms with Crippen molar-refractivity contribution in [1.82, 2.24) is 0 Å². The van der Waals surface area contributed by atoms with Crippen LogP contribution in [0.2, 0.25) is 0 Å². The van der Waals surface area contributed by atoms with Gasteiger partial charge in [-0.25, -0.2) is 0 Å². The van der Waals surface area contributed by atoms with Crippen molar-refractivity contribution in [3.8, 4) is 5.75 Å². The summed E-state index contributed by atoms with van der Waals surface area (Å²) in [7, 11) is 0. The van der Waals surface area contributed by atoms with Gasteiger partial charge in [-0.2, -0.15) is 0 Å². The first kappa shape index (κ1) is 13.6. The molecule has 2 N–H and O–H groups in total. The summed E-state index contributed by atoms with van der Waals surface area (Å²) in [4.78, 5) is 0. The van der Waals surface area contributed by atoms with Crippen molar-refractivity contribution in [3.63, 3.8) is 0 Å². The molecule has 1 atom stereocenters. The van der Waals surface area contributed by atoms with E-state index in [0.29, 0.717) is 12.6 Å². The van der Waals surface area contributed by atoms with Gasteiger partial charge in [-0.3, -0.25) is 0 Å². The third-order valence-corrected chi connectivity index (χ3v) is 3.51. The molecule has 3 heteroatoms. The summed E-state index contributed by atoms with van der Waals surface area (Å²) in [5.74, 6) is 0.867. The molecule has 1 aliphatic heterocycles. The molecule has 3 rings (SSSR count). The fourth-order valence-electron chi connectivity index (χ4n) is 2.51. The Hall–Kier alpha value is -2.42. The highest BCUT2D eigenvalue weighted by atomic mass is 16.5. The van der Waals surface area contributed by atoms with Gasteiger partial charge >= 0.3 is 0 Å². The summed E-state index contributed by atoms with van der Waals surface area (Å²) in [6, 6.07) is 16.6. The van der Waals surface area contributed by atoms with Gasteiger partial charge in [0.1, 0.15) is 12.4 Å². The zero-order valence-corrected chi connectivity index (χ0v) is 12.2. The lowest BCUT2D eigenvalue weighted by molar-refractivity contribution is 0.306. The highest BCUT2D eigenvalue weighted by molar-refractivity contribution is 5.73. The highest BCUT2D eigenvalue weighted by Crippen LogP contribution is 2.32. The second kappa shape index (κ2) is 5.92. The fraction of sp³-hybridized carbons (Fsp3) is 0.222. The lowest BCUT2D eigenvalue weighted by Crippen LogP contribution is -2.13. The van der Waals surface area contributed by atoms with Crippen molar-refractivity contribution < 1.29 is 4.74 Å². The maximum Gasteiger partial charge on any atom is 0.122 e. The summed E-state index contributed by atoms with van der Waals surface area (Å²) in [5, 5.41) is 6.83. The Bertz CT molecular complexity index is 637. The molecule has 0 amide bonds. The Morgan fingerprint density at radius 1 is 1.14 bits per heavy atom. The van der Waals surface area contributed by atoms with E-state index in [4.69, 9.17) is 4.74 Å². The van der Waals surface area contributed by atoms with Gasteiger partial charge in [-0.15, -0.1) is 0 Å². The lowest BCUT2D eigenvalue weighted by Gasteiger charge is -2.14. The average molecular weight is 280 g/mol. The lowest BCUT2D eigenvalue weighted by atomic mass is 10.2. The largest absolute Gasteiger partial charge is 0.489 e. The number of rotatable bonds is 3. The Kier molecular flexibility index (Phi) is 3.82. The number of nitrogens with one attached hydrogen (secondary N) is 2.